The fourth-order valence-corrected chi connectivity index (χ4v) is 2.24. The topological polar surface area (TPSA) is 59.6 Å². The van der Waals surface area contributed by atoms with Crippen LogP contribution in [-0.2, 0) is 4.79 Å². The van der Waals surface area contributed by atoms with E-state index in [4.69, 9.17) is 21.1 Å². The number of rotatable bonds is 6. The molecule has 0 bridgehead atoms. The van der Waals surface area contributed by atoms with Crippen molar-refractivity contribution in [1.82, 2.24) is 0 Å². The van der Waals surface area contributed by atoms with Crippen LogP contribution in [0, 0.1) is 6.92 Å². The van der Waals surface area contributed by atoms with E-state index in [0.717, 1.165) is 11.3 Å². The normalized spacial score (nSPS) is 10.1. The van der Waals surface area contributed by atoms with E-state index in [1.165, 1.54) is 0 Å². The second-order valence-electron chi connectivity index (χ2n) is 4.93. The number of amides is 1. The predicted octanol–water partition coefficient (Wildman–Crippen LogP) is 3.72. The summed E-state index contributed by atoms with van der Waals surface area (Å²) in [5.41, 5.74) is 2.40. The summed E-state index contributed by atoms with van der Waals surface area (Å²) in [5, 5.41) is 6.49. The summed E-state index contributed by atoms with van der Waals surface area (Å²) in [4.78, 5) is 12.1. The van der Waals surface area contributed by atoms with Gasteiger partial charge in [-0.1, -0.05) is 17.7 Å². The van der Waals surface area contributed by atoms with E-state index in [0.29, 0.717) is 22.2 Å². The van der Waals surface area contributed by atoms with Crippen LogP contribution in [0.4, 0.5) is 11.4 Å². The number of carbonyl (C=O) groups excluding carboxylic acids is 1. The lowest BCUT2D eigenvalue weighted by Gasteiger charge is -2.13. The summed E-state index contributed by atoms with van der Waals surface area (Å²) < 4.78 is 10.4. The summed E-state index contributed by atoms with van der Waals surface area (Å²) >= 11 is 5.96. The number of hydrogen-bond donors (Lipinski definition) is 2. The van der Waals surface area contributed by atoms with Crippen molar-refractivity contribution in [3.63, 3.8) is 0 Å². The number of halogens is 1. The fraction of sp³-hybridized carbons (Fsp3) is 0.235. The molecule has 0 saturated heterocycles. The van der Waals surface area contributed by atoms with Crippen molar-refractivity contribution in [2.75, 3.05) is 31.4 Å². The van der Waals surface area contributed by atoms with E-state index >= 15 is 0 Å². The minimum absolute atomic E-state index is 0.113. The summed E-state index contributed by atoms with van der Waals surface area (Å²) in [6.07, 6.45) is 0. The standard InChI is InChI=1S/C17H19ClN2O3/c1-11-4-5-12(18)8-14(11)19-10-17(21)20-15-9-13(22-2)6-7-16(15)23-3/h4-9,19H,10H2,1-3H3,(H,20,21). The number of aryl methyl sites for hydroxylation is 1. The van der Waals surface area contributed by atoms with Crippen LogP contribution in [0.1, 0.15) is 5.56 Å². The number of carbonyl (C=O) groups is 1. The van der Waals surface area contributed by atoms with Crippen LogP contribution in [-0.4, -0.2) is 26.7 Å². The van der Waals surface area contributed by atoms with E-state index in [2.05, 4.69) is 10.6 Å². The Kier molecular flexibility index (Phi) is 5.71. The van der Waals surface area contributed by atoms with Gasteiger partial charge in [-0.15, -0.1) is 0 Å². The molecule has 6 heteroatoms. The molecule has 0 aliphatic rings. The molecule has 2 N–H and O–H groups in total. The average Bonchev–Trinajstić information content (AvgIpc) is 2.55. The number of hydrogen-bond acceptors (Lipinski definition) is 4. The van der Waals surface area contributed by atoms with E-state index in [1.807, 2.05) is 19.1 Å². The van der Waals surface area contributed by atoms with Crippen LogP contribution in [0.25, 0.3) is 0 Å². The molecule has 0 aromatic heterocycles. The van der Waals surface area contributed by atoms with Gasteiger partial charge in [-0.05, 0) is 36.8 Å². The summed E-state index contributed by atoms with van der Waals surface area (Å²) in [6.45, 7) is 2.06. The van der Waals surface area contributed by atoms with Crippen LogP contribution >= 0.6 is 11.6 Å². The van der Waals surface area contributed by atoms with E-state index < -0.39 is 0 Å². The molecule has 0 atom stereocenters. The molecule has 0 fully saturated rings. The average molecular weight is 335 g/mol. The molecule has 2 aromatic carbocycles. The molecular weight excluding hydrogens is 316 g/mol. The molecule has 23 heavy (non-hydrogen) atoms. The Bertz CT molecular complexity index is 704. The van der Waals surface area contributed by atoms with Gasteiger partial charge >= 0.3 is 0 Å². The minimum Gasteiger partial charge on any atom is -0.497 e. The van der Waals surface area contributed by atoms with Crippen LogP contribution < -0.4 is 20.1 Å². The van der Waals surface area contributed by atoms with Crippen molar-refractivity contribution in [3.05, 3.63) is 47.0 Å². The highest BCUT2D eigenvalue weighted by Gasteiger charge is 2.09. The van der Waals surface area contributed by atoms with Crippen molar-refractivity contribution in [2.45, 2.75) is 6.92 Å². The SMILES string of the molecule is COc1ccc(OC)c(NC(=O)CNc2cc(Cl)ccc2C)c1. The van der Waals surface area contributed by atoms with Gasteiger partial charge in [0.25, 0.3) is 0 Å². The molecule has 0 heterocycles. The third kappa shape index (κ3) is 4.53. The smallest absolute Gasteiger partial charge is 0.243 e. The maximum atomic E-state index is 12.1. The Morgan fingerprint density at radius 1 is 1.09 bits per heavy atom. The van der Waals surface area contributed by atoms with E-state index in [1.54, 1.807) is 38.5 Å². The minimum atomic E-state index is -0.198. The number of anilines is 2. The zero-order valence-corrected chi connectivity index (χ0v) is 14.0. The highest BCUT2D eigenvalue weighted by atomic mass is 35.5. The molecule has 0 aliphatic heterocycles. The van der Waals surface area contributed by atoms with Crippen LogP contribution in [0.2, 0.25) is 5.02 Å². The molecule has 5 nitrogen and oxygen atoms in total. The molecule has 1 amide bonds. The Hall–Kier alpha value is -2.40. The summed E-state index contributed by atoms with van der Waals surface area (Å²) in [6, 6.07) is 10.7. The summed E-state index contributed by atoms with van der Waals surface area (Å²) in [5.74, 6) is 1.01. The van der Waals surface area contributed by atoms with Crippen LogP contribution in [0.15, 0.2) is 36.4 Å². The zero-order chi connectivity index (χ0) is 16.8. The van der Waals surface area contributed by atoms with Crippen molar-refractivity contribution < 1.29 is 14.3 Å². The van der Waals surface area contributed by atoms with Gasteiger partial charge in [-0.3, -0.25) is 4.79 Å². The van der Waals surface area contributed by atoms with Gasteiger partial charge in [0.1, 0.15) is 11.5 Å². The zero-order valence-electron chi connectivity index (χ0n) is 13.3. The first-order chi connectivity index (χ1) is 11.0. The highest BCUT2D eigenvalue weighted by molar-refractivity contribution is 6.30. The van der Waals surface area contributed by atoms with Gasteiger partial charge in [0, 0.05) is 16.8 Å². The Balaban J connectivity index is 2.03. The first kappa shape index (κ1) is 17.0. The molecular formula is C17H19ClN2O3. The molecule has 0 radical (unpaired) electrons. The van der Waals surface area contributed by atoms with Crippen molar-refractivity contribution in [2.24, 2.45) is 0 Å². The van der Waals surface area contributed by atoms with Crippen LogP contribution in [0.3, 0.4) is 0 Å². The van der Waals surface area contributed by atoms with Gasteiger partial charge < -0.3 is 20.1 Å². The molecule has 2 aromatic rings. The lowest BCUT2D eigenvalue weighted by atomic mass is 10.2. The number of nitrogens with one attached hydrogen (secondary N) is 2. The summed E-state index contributed by atoms with van der Waals surface area (Å²) in [7, 11) is 3.11. The van der Waals surface area contributed by atoms with Gasteiger partial charge in [0.15, 0.2) is 0 Å². The lowest BCUT2D eigenvalue weighted by molar-refractivity contribution is -0.114. The highest BCUT2D eigenvalue weighted by Crippen LogP contribution is 2.28. The monoisotopic (exact) mass is 334 g/mol. The molecule has 122 valence electrons. The van der Waals surface area contributed by atoms with Crippen molar-refractivity contribution >= 4 is 28.9 Å². The Labute approximate surface area is 140 Å². The molecule has 0 saturated carbocycles. The van der Waals surface area contributed by atoms with E-state index in [-0.39, 0.29) is 12.5 Å². The molecule has 0 aliphatic carbocycles. The Morgan fingerprint density at radius 3 is 2.57 bits per heavy atom. The maximum Gasteiger partial charge on any atom is 0.243 e. The molecule has 0 spiro atoms. The van der Waals surface area contributed by atoms with Crippen molar-refractivity contribution in [3.8, 4) is 11.5 Å². The lowest BCUT2D eigenvalue weighted by Crippen LogP contribution is -2.22. The number of methoxy groups -OCH3 is 2. The molecule has 0 unspecified atom stereocenters. The van der Waals surface area contributed by atoms with Gasteiger partial charge in [-0.2, -0.15) is 0 Å². The van der Waals surface area contributed by atoms with Crippen LogP contribution in [0.5, 0.6) is 11.5 Å². The number of ether oxygens (including phenoxy) is 2. The Morgan fingerprint density at radius 2 is 1.87 bits per heavy atom. The third-order valence-corrected chi connectivity index (χ3v) is 3.55. The third-order valence-electron chi connectivity index (χ3n) is 3.32. The molecule has 2 rings (SSSR count). The first-order valence-electron chi connectivity index (χ1n) is 7.05. The second-order valence-corrected chi connectivity index (χ2v) is 5.36. The maximum absolute atomic E-state index is 12.1. The van der Waals surface area contributed by atoms with Gasteiger partial charge in [-0.25, -0.2) is 0 Å². The van der Waals surface area contributed by atoms with Gasteiger partial charge in [0.05, 0.1) is 26.5 Å². The predicted molar refractivity (Wildman–Crippen MR) is 92.9 cm³/mol. The second kappa shape index (κ2) is 7.74. The first-order valence-corrected chi connectivity index (χ1v) is 7.43. The largest absolute Gasteiger partial charge is 0.497 e. The van der Waals surface area contributed by atoms with Crippen molar-refractivity contribution in [1.29, 1.82) is 0 Å². The van der Waals surface area contributed by atoms with Gasteiger partial charge in [0.2, 0.25) is 5.91 Å². The van der Waals surface area contributed by atoms with E-state index in [9.17, 15) is 4.79 Å². The quantitative estimate of drug-likeness (QED) is 0.845. The number of benzene rings is 2. The fourth-order valence-electron chi connectivity index (χ4n) is 2.07.